The minimum atomic E-state index is -0.669. The normalized spacial score (nSPS) is 15.2. The molecule has 0 fully saturated rings. The second-order valence-corrected chi connectivity index (χ2v) is 4.70. The maximum atomic E-state index is 9.89. The maximum absolute atomic E-state index is 9.89. The molecule has 0 saturated carbocycles. The average Bonchev–Trinajstić information content (AvgIpc) is 2.51. The quantitative estimate of drug-likeness (QED) is 0.721. The smallest absolute Gasteiger partial charge is 0.140 e. The Labute approximate surface area is 94.3 Å². The molecule has 1 atom stereocenters. The molecule has 1 unspecified atom stereocenters. The van der Waals surface area contributed by atoms with Crippen molar-refractivity contribution in [2.75, 3.05) is 18.6 Å². The first kappa shape index (κ1) is 12.5. The van der Waals surface area contributed by atoms with Crippen LogP contribution in [0.25, 0.3) is 0 Å². The summed E-state index contributed by atoms with van der Waals surface area (Å²) in [7, 11) is 1.85. The lowest BCUT2D eigenvalue weighted by atomic mass is 10.1. The van der Waals surface area contributed by atoms with Gasteiger partial charge in [0.2, 0.25) is 0 Å². The fourth-order valence-electron chi connectivity index (χ4n) is 1.29. The van der Waals surface area contributed by atoms with Crippen molar-refractivity contribution in [2.45, 2.75) is 19.1 Å². The first-order chi connectivity index (χ1) is 7.05. The summed E-state index contributed by atoms with van der Waals surface area (Å²) in [6.45, 7) is 3.01. The van der Waals surface area contributed by atoms with Crippen molar-refractivity contribution in [1.29, 1.82) is 0 Å². The summed E-state index contributed by atoms with van der Waals surface area (Å²) in [5.41, 5.74) is -0.669. The van der Waals surface area contributed by atoms with Crippen LogP contribution < -0.4 is 5.32 Å². The monoisotopic (exact) mass is 230 g/mol. The summed E-state index contributed by atoms with van der Waals surface area (Å²) in [6.07, 6.45) is 3.51. The molecule has 6 heteroatoms. The molecule has 0 radical (unpaired) electrons. The largest absolute Gasteiger partial charge is 0.388 e. The molecule has 5 nitrogen and oxygen atoms in total. The third-order valence-electron chi connectivity index (χ3n) is 2.05. The van der Waals surface area contributed by atoms with Crippen LogP contribution in [0.1, 0.15) is 12.7 Å². The number of aryl methyl sites for hydroxylation is 1. The van der Waals surface area contributed by atoms with Crippen LogP contribution in [-0.4, -0.2) is 44.0 Å². The predicted molar refractivity (Wildman–Crippen MR) is 61.7 cm³/mol. The SMILES string of the molecule is CSCC(C)(O)CNCc1ncnn1C. The molecule has 1 heterocycles. The Morgan fingerprint density at radius 1 is 1.67 bits per heavy atom. The molecule has 15 heavy (non-hydrogen) atoms. The first-order valence-electron chi connectivity index (χ1n) is 4.80. The Kier molecular flexibility index (Phi) is 4.56. The number of rotatable bonds is 6. The molecular formula is C9H18N4OS. The minimum absolute atomic E-state index is 0.556. The van der Waals surface area contributed by atoms with Gasteiger partial charge in [-0.25, -0.2) is 4.98 Å². The van der Waals surface area contributed by atoms with Crippen molar-refractivity contribution >= 4 is 11.8 Å². The zero-order valence-electron chi connectivity index (χ0n) is 9.40. The van der Waals surface area contributed by atoms with E-state index in [1.165, 1.54) is 6.33 Å². The average molecular weight is 230 g/mol. The van der Waals surface area contributed by atoms with Gasteiger partial charge in [-0.2, -0.15) is 16.9 Å². The molecule has 86 valence electrons. The summed E-state index contributed by atoms with van der Waals surface area (Å²) in [5.74, 6) is 1.59. The standard InChI is InChI=1S/C9H18N4OS/c1-9(14,6-15-3)5-10-4-8-11-7-12-13(8)2/h7,10,14H,4-6H2,1-3H3. The van der Waals surface area contributed by atoms with Crippen LogP contribution in [0.4, 0.5) is 0 Å². The highest BCUT2D eigenvalue weighted by Gasteiger charge is 2.18. The fourth-order valence-corrected chi connectivity index (χ4v) is 2.01. The van der Waals surface area contributed by atoms with Crippen LogP contribution in [0.15, 0.2) is 6.33 Å². The number of nitrogens with zero attached hydrogens (tertiary/aromatic N) is 3. The summed E-state index contributed by atoms with van der Waals surface area (Å²) in [4.78, 5) is 4.08. The molecule has 0 amide bonds. The highest BCUT2D eigenvalue weighted by molar-refractivity contribution is 7.98. The van der Waals surface area contributed by atoms with Crippen molar-refractivity contribution < 1.29 is 5.11 Å². The van der Waals surface area contributed by atoms with Crippen LogP contribution in [0.3, 0.4) is 0 Å². The van der Waals surface area contributed by atoms with Gasteiger partial charge in [-0.05, 0) is 13.2 Å². The van der Waals surface area contributed by atoms with Gasteiger partial charge in [0.1, 0.15) is 12.2 Å². The lowest BCUT2D eigenvalue weighted by Gasteiger charge is -2.22. The maximum Gasteiger partial charge on any atom is 0.140 e. The van der Waals surface area contributed by atoms with Gasteiger partial charge >= 0.3 is 0 Å². The van der Waals surface area contributed by atoms with E-state index in [0.29, 0.717) is 13.1 Å². The van der Waals surface area contributed by atoms with E-state index < -0.39 is 5.60 Å². The van der Waals surface area contributed by atoms with E-state index in [1.54, 1.807) is 16.4 Å². The molecule has 0 saturated heterocycles. The number of aromatic nitrogens is 3. The lowest BCUT2D eigenvalue weighted by molar-refractivity contribution is 0.0843. The Balaban J connectivity index is 2.30. The highest BCUT2D eigenvalue weighted by Crippen LogP contribution is 2.09. The number of hydrogen-bond donors (Lipinski definition) is 2. The summed E-state index contributed by atoms with van der Waals surface area (Å²) >= 11 is 1.64. The van der Waals surface area contributed by atoms with Gasteiger partial charge < -0.3 is 10.4 Å². The van der Waals surface area contributed by atoms with Crippen molar-refractivity contribution in [3.05, 3.63) is 12.2 Å². The van der Waals surface area contributed by atoms with Crippen molar-refractivity contribution in [2.24, 2.45) is 7.05 Å². The molecule has 0 spiro atoms. The van der Waals surface area contributed by atoms with Crippen LogP contribution >= 0.6 is 11.8 Å². The van der Waals surface area contributed by atoms with Crippen molar-refractivity contribution in [3.63, 3.8) is 0 Å². The zero-order chi connectivity index (χ0) is 11.3. The van der Waals surface area contributed by atoms with E-state index in [0.717, 1.165) is 11.6 Å². The van der Waals surface area contributed by atoms with Gasteiger partial charge in [0.25, 0.3) is 0 Å². The van der Waals surface area contributed by atoms with Crippen LogP contribution in [0.2, 0.25) is 0 Å². The van der Waals surface area contributed by atoms with Gasteiger partial charge in [-0.3, -0.25) is 4.68 Å². The van der Waals surface area contributed by atoms with Gasteiger partial charge in [0.15, 0.2) is 0 Å². The second kappa shape index (κ2) is 5.48. The Bertz CT molecular complexity index is 300. The van der Waals surface area contributed by atoms with Crippen LogP contribution in [0, 0.1) is 0 Å². The highest BCUT2D eigenvalue weighted by atomic mass is 32.2. The first-order valence-corrected chi connectivity index (χ1v) is 6.19. The van der Waals surface area contributed by atoms with Crippen LogP contribution in [0.5, 0.6) is 0 Å². The third-order valence-corrected chi connectivity index (χ3v) is 2.96. The third kappa shape index (κ3) is 4.19. The van der Waals surface area contributed by atoms with E-state index in [2.05, 4.69) is 15.4 Å². The predicted octanol–water partition coefficient (Wildman–Crippen LogP) is 0.0187. The Morgan fingerprint density at radius 3 is 2.93 bits per heavy atom. The van der Waals surface area contributed by atoms with Crippen LogP contribution in [-0.2, 0) is 13.6 Å². The summed E-state index contributed by atoms with van der Waals surface area (Å²) in [6, 6.07) is 0. The molecule has 0 aromatic carbocycles. The molecule has 1 aromatic heterocycles. The molecule has 0 aliphatic carbocycles. The molecular weight excluding hydrogens is 212 g/mol. The number of thioether (sulfide) groups is 1. The van der Waals surface area contributed by atoms with Gasteiger partial charge in [-0.1, -0.05) is 0 Å². The number of nitrogens with one attached hydrogen (secondary N) is 1. The molecule has 0 bridgehead atoms. The lowest BCUT2D eigenvalue weighted by Crippen LogP contribution is -2.40. The number of aliphatic hydroxyl groups is 1. The minimum Gasteiger partial charge on any atom is -0.388 e. The van der Waals surface area contributed by atoms with Gasteiger partial charge in [0.05, 0.1) is 12.1 Å². The second-order valence-electron chi connectivity index (χ2n) is 3.83. The van der Waals surface area contributed by atoms with E-state index in [9.17, 15) is 5.11 Å². The fraction of sp³-hybridized carbons (Fsp3) is 0.778. The van der Waals surface area contributed by atoms with E-state index in [-0.39, 0.29) is 0 Å². The Morgan fingerprint density at radius 2 is 2.40 bits per heavy atom. The molecule has 2 N–H and O–H groups in total. The molecule has 0 aliphatic rings. The summed E-state index contributed by atoms with van der Waals surface area (Å²) < 4.78 is 1.72. The van der Waals surface area contributed by atoms with E-state index >= 15 is 0 Å². The number of hydrogen-bond acceptors (Lipinski definition) is 5. The van der Waals surface area contributed by atoms with Crippen molar-refractivity contribution in [1.82, 2.24) is 20.1 Å². The summed E-state index contributed by atoms with van der Waals surface area (Å²) in [5, 5.41) is 17.0. The van der Waals surface area contributed by atoms with E-state index in [1.807, 2.05) is 20.2 Å². The zero-order valence-corrected chi connectivity index (χ0v) is 10.2. The molecule has 1 rings (SSSR count). The topological polar surface area (TPSA) is 63.0 Å². The molecule has 1 aromatic rings. The van der Waals surface area contributed by atoms with E-state index in [4.69, 9.17) is 0 Å². The van der Waals surface area contributed by atoms with Crippen molar-refractivity contribution in [3.8, 4) is 0 Å². The Hall–Kier alpha value is -0.590. The van der Waals surface area contributed by atoms with Gasteiger partial charge in [0, 0.05) is 19.3 Å². The molecule has 0 aliphatic heterocycles. The van der Waals surface area contributed by atoms with Gasteiger partial charge in [-0.15, -0.1) is 0 Å².